The lowest BCUT2D eigenvalue weighted by atomic mass is 10.1. The van der Waals surface area contributed by atoms with Gasteiger partial charge in [0, 0.05) is 31.9 Å². The van der Waals surface area contributed by atoms with Crippen LogP contribution < -0.4 is 5.32 Å². The molecule has 0 spiro atoms. The third kappa shape index (κ3) is 5.48. The van der Waals surface area contributed by atoms with Crippen molar-refractivity contribution >= 4 is 21.6 Å². The van der Waals surface area contributed by atoms with E-state index in [9.17, 15) is 26.4 Å². The molecule has 0 aliphatic carbocycles. The first kappa shape index (κ1) is 24.2. The number of alkyl halides is 3. The average Bonchev–Trinajstić information content (AvgIpc) is 2.70. The van der Waals surface area contributed by atoms with E-state index in [1.807, 2.05) is 37.8 Å². The van der Waals surface area contributed by atoms with Gasteiger partial charge in [0.1, 0.15) is 0 Å². The lowest BCUT2D eigenvalue weighted by Crippen LogP contribution is -2.50. The minimum Gasteiger partial charge on any atom is -0.324 e. The van der Waals surface area contributed by atoms with Crippen LogP contribution in [0, 0.1) is 20.8 Å². The summed E-state index contributed by atoms with van der Waals surface area (Å²) in [4.78, 5) is 14.2. The average molecular weight is 470 g/mol. The SMILES string of the molecule is Cc1cc(C)c(NC(=O)CN2CCN(S(=O)(=O)c3ccc(C(F)(F)F)cc3)CC2)c(C)c1. The summed E-state index contributed by atoms with van der Waals surface area (Å²) in [6.45, 7) is 6.97. The molecule has 174 valence electrons. The second-order valence-electron chi connectivity index (χ2n) is 8.02. The summed E-state index contributed by atoms with van der Waals surface area (Å²) < 4.78 is 64.9. The molecule has 2 aromatic rings. The molecule has 1 fully saturated rings. The zero-order chi connectivity index (χ0) is 23.7. The second-order valence-corrected chi connectivity index (χ2v) is 9.96. The van der Waals surface area contributed by atoms with E-state index in [0.717, 1.165) is 46.6 Å². The summed E-state index contributed by atoms with van der Waals surface area (Å²) in [5.41, 5.74) is 2.95. The molecular weight excluding hydrogens is 443 g/mol. The summed E-state index contributed by atoms with van der Waals surface area (Å²) in [6.07, 6.45) is -4.52. The van der Waals surface area contributed by atoms with Crippen LogP contribution in [0.25, 0.3) is 0 Å². The maximum Gasteiger partial charge on any atom is 0.416 e. The molecule has 0 radical (unpaired) electrons. The second kappa shape index (κ2) is 9.21. The van der Waals surface area contributed by atoms with Gasteiger partial charge in [-0.05, 0) is 56.2 Å². The van der Waals surface area contributed by atoms with Crippen LogP contribution in [-0.4, -0.2) is 56.3 Å². The van der Waals surface area contributed by atoms with Crippen molar-refractivity contribution in [2.75, 3.05) is 38.0 Å². The van der Waals surface area contributed by atoms with Crippen LogP contribution in [0.3, 0.4) is 0 Å². The number of anilines is 1. The van der Waals surface area contributed by atoms with Gasteiger partial charge in [-0.3, -0.25) is 9.69 Å². The number of rotatable bonds is 5. The molecule has 1 saturated heterocycles. The molecule has 32 heavy (non-hydrogen) atoms. The standard InChI is InChI=1S/C22H26F3N3O3S/c1-15-12-16(2)21(17(3)13-15)26-20(29)14-27-8-10-28(11-9-27)32(30,31)19-6-4-18(5-7-19)22(23,24)25/h4-7,12-13H,8-11,14H2,1-3H3,(H,26,29). The Labute approximate surface area is 186 Å². The number of aryl methyl sites for hydroxylation is 3. The van der Waals surface area contributed by atoms with Crippen molar-refractivity contribution in [3.63, 3.8) is 0 Å². The number of nitrogens with zero attached hydrogens (tertiary/aromatic N) is 2. The maximum absolute atomic E-state index is 12.8. The number of carbonyl (C=O) groups is 1. The first-order valence-electron chi connectivity index (χ1n) is 10.2. The fourth-order valence-corrected chi connectivity index (χ4v) is 5.27. The van der Waals surface area contributed by atoms with Crippen molar-refractivity contribution in [2.24, 2.45) is 0 Å². The third-order valence-corrected chi connectivity index (χ3v) is 7.37. The normalized spacial score (nSPS) is 16.2. The van der Waals surface area contributed by atoms with Crippen LogP contribution in [0.5, 0.6) is 0 Å². The van der Waals surface area contributed by atoms with Crippen LogP contribution in [-0.2, 0) is 21.0 Å². The Morgan fingerprint density at radius 1 is 0.969 bits per heavy atom. The highest BCUT2D eigenvalue weighted by molar-refractivity contribution is 7.89. The van der Waals surface area contributed by atoms with Crippen LogP contribution in [0.1, 0.15) is 22.3 Å². The number of amides is 1. The van der Waals surface area contributed by atoms with E-state index in [0.29, 0.717) is 13.1 Å². The summed E-state index contributed by atoms with van der Waals surface area (Å²) in [7, 11) is -3.90. The highest BCUT2D eigenvalue weighted by Gasteiger charge is 2.32. The first-order valence-corrected chi connectivity index (χ1v) is 11.6. The summed E-state index contributed by atoms with van der Waals surface area (Å²) in [5.74, 6) is -0.181. The molecule has 0 aromatic heterocycles. The van der Waals surface area contributed by atoms with Crippen molar-refractivity contribution in [1.29, 1.82) is 0 Å². The molecular formula is C22H26F3N3O3S. The Kier molecular flexibility index (Phi) is 6.97. The molecule has 0 unspecified atom stereocenters. The van der Waals surface area contributed by atoms with Gasteiger partial charge in [0.25, 0.3) is 0 Å². The minimum atomic E-state index is -4.52. The lowest BCUT2D eigenvalue weighted by Gasteiger charge is -2.33. The van der Waals surface area contributed by atoms with Crippen molar-refractivity contribution < 1.29 is 26.4 Å². The summed E-state index contributed by atoms with van der Waals surface area (Å²) >= 11 is 0. The Balaban J connectivity index is 1.58. The predicted octanol–water partition coefficient (Wildman–Crippen LogP) is 3.58. The molecule has 1 aliphatic heterocycles. The van der Waals surface area contributed by atoms with Crippen molar-refractivity contribution in [1.82, 2.24) is 9.21 Å². The van der Waals surface area contributed by atoms with Gasteiger partial charge >= 0.3 is 6.18 Å². The van der Waals surface area contributed by atoms with Gasteiger partial charge in [-0.2, -0.15) is 17.5 Å². The van der Waals surface area contributed by atoms with Crippen LogP contribution in [0.2, 0.25) is 0 Å². The highest BCUT2D eigenvalue weighted by Crippen LogP contribution is 2.30. The number of hydrogen-bond donors (Lipinski definition) is 1. The van der Waals surface area contributed by atoms with Crippen LogP contribution >= 0.6 is 0 Å². The van der Waals surface area contributed by atoms with Crippen molar-refractivity contribution in [3.05, 3.63) is 58.7 Å². The van der Waals surface area contributed by atoms with Gasteiger partial charge in [-0.25, -0.2) is 8.42 Å². The van der Waals surface area contributed by atoms with Gasteiger partial charge in [-0.1, -0.05) is 17.7 Å². The first-order chi connectivity index (χ1) is 14.9. The molecule has 1 heterocycles. The Hall–Kier alpha value is -2.43. The number of carbonyl (C=O) groups excluding carboxylic acids is 1. The van der Waals surface area contributed by atoms with Gasteiger partial charge in [-0.15, -0.1) is 0 Å². The van der Waals surface area contributed by atoms with Gasteiger partial charge in [0.05, 0.1) is 17.0 Å². The largest absolute Gasteiger partial charge is 0.416 e. The highest BCUT2D eigenvalue weighted by atomic mass is 32.2. The molecule has 1 aliphatic rings. The molecule has 0 bridgehead atoms. The molecule has 1 amide bonds. The van der Waals surface area contributed by atoms with E-state index in [1.54, 1.807) is 0 Å². The van der Waals surface area contributed by atoms with Crippen LogP contribution in [0.15, 0.2) is 41.3 Å². The van der Waals surface area contributed by atoms with Crippen molar-refractivity contribution in [2.45, 2.75) is 31.8 Å². The van der Waals surface area contributed by atoms with Gasteiger partial charge in [0.2, 0.25) is 15.9 Å². The Morgan fingerprint density at radius 3 is 2.00 bits per heavy atom. The third-order valence-electron chi connectivity index (χ3n) is 5.46. The van der Waals surface area contributed by atoms with Crippen LogP contribution in [0.4, 0.5) is 18.9 Å². The van der Waals surface area contributed by atoms with Gasteiger partial charge in [0.15, 0.2) is 0 Å². The fraction of sp³-hybridized carbons (Fsp3) is 0.409. The summed E-state index contributed by atoms with van der Waals surface area (Å²) in [6, 6.07) is 7.47. The molecule has 0 atom stereocenters. The fourth-order valence-electron chi connectivity index (χ4n) is 3.85. The molecule has 3 rings (SSSR count). The number of benzene rings is 2. The monoisotopic (exact) mass is 469 g/mol. The number of nitrogens with one attached hydrogen (secondary N) is 1. The van der Waals surface area contributed by atoms with E-state index in [-0.39, 0.29) is 30.4 Å². The minimum absolute atomic E-state index is 0.126. The van der Waals surface area contributed by atoms with Crippen molar-refractivity contribution in [3.8, 4) is 0 Å². The van der Waals surface area contributed by atoms with E-state index < -0.39 is 21.8 Å². The molecule has 1 N–H and O–H groups in total. The van der Waals surface area contributed by atoms with E-state index in [4.69, 9.17) is 0 Å². The Morgan fingerprint density at radius 2 is 1.50 bits per heavy atom. The zero-order valence-corrected chi connectivity index (χ0v) is 19.0. The van der Waals surface area contributed by atoms with E-state index >= 15 is 0 Å². The van der Waals surface area contributed by atoms with E-state index in [1.165, 1.54) is 4.31 Å². The topological polar surface area (TPSA) is 69.7 Å². The zero-order valence-electron chi connectivity index (χ0n) is 18.2. The molecule has 0 saturated carbocycles. The maximum atomic E-state index is 12.8. The van der Waals surface area contributed by atoms with Gasteiger partial charge < -0.3 is 5.32 Å². The number of halogens is 3. The smallest absolute Gasteiger partial charge is 0.324 e. The Bertz CT molecular complexity index is 1070. The lowest BCUT2D eigenvalue weighted by molar-refractivity contribution is -0.137. The number of sulfonamides is 1. The quantitative estimate of drug-likeness (QED) is 0.727. The molecule has 2 aromatic carbocycles. The van der Waals surface area contributed by atoms with E-state index in [2.05, 4.69) is 5.32 Å². The number of hydrogen-bond acceptors (Lipinski definition) is 4. The molecule has 6 nitrogen and oxygen atoms in total. The summed E-state index contributed by atoms with van der Waals surface area (Å²) in [5, 5.41) is 2.93. The predicted molar refractivity (Wildman–Crippen MR) is 116 cm³/mol. The number of piperazine rings is 1. The molecule has 10 heteroatoms.